The number of hydrogen-bond acceptors (Lipinski definition) is 5. The number of rotatable bonds is 3. The van der Waals surface area contributed by atoms with Gasteiger partial charge in [-0.2, -0.15) is 4.98 Å². The number of ether oxygens (including phenoxy) is 1. The highest BCUT2D eigenvalue weighted by Crippen LogP contribution is 2.16. The Labute approximate surface area is 114 Å². The van der Waals surface area contributed by atoms with Crippen molar-refractivity contribution in [2.75, 3.05) is 12.4 Å². The van der Waals surface area contributed by atoms with Crippen LogP contribution in [0.3, 0.4) is 0 Å². The molecule has 0 saturated heterocycles. The van der Waals surface area contributed by atoms with Crippen molar-refractivity contribution in [1.29, 1.82) is 0 Å². The Morgan fingerprint density at radius 2 is 2.21 bits per heavy atom. The van der Waals surface area contributed by atoms with Crippen molar-refractivity contribution in [3.05, 3.63) is 40.8 Å². The summed E-state index contributed by atoms with van der Waals surface area (Å²) in [7, 11) is 1.45. The Hall–Kier alpha value is -2.21. The van der Waals surface area contributed by atoms with Gasteiger partial charge < -0.3 is 4.74 Å². The van der Waals surface area contributed by atoms with Gasteiger partial charge in [0.05, 0.1) is 12.7 Å². The third-order valence-corrected chi connectivity index (χ3v) is 2.55. The molecule has 1 amide bonds. The summed E-state index contributed by atoms with van der Waals surface area (Å²) >= 11 is 5.79. The van der Waals surface area contributed by atoms with Crippen LogP contribution in [0.2, 0.25) is 5.15 Å². The Balaban J connectivity index is 2.24. The molecule has 0 unspecified atom stereocenters. The summed E-state index contributed by atoms with van der Waals surface area (Å²) in [4.78, 5) is 23.9. The summed E-state index contributed by atoms with van der Waals surface area (Å²) in [5, 5.41) is 2.73. The van der Waals surface area contributed by atoms with Crippen molar-refractivity contribution in [3.63, 3.8) is 0 Å². The standard InChI is InChI=1S/C12H11ClN4O2/c1-7-8(4-3-5-14-7)11(18)17-12-15-9(13)6-10(16-12)19-2/h3-6H,1-2H3,(H,15,16,17,18). The predicted octanol–water partition coefficient (Wildman–Crippen LogP) is 2.09. The van der Waals surface area contributed by atoms with Crippen molar-refractivity contribution in [3.8, 4) is 5.88 Å². The molecule has 0 radical (unpaired) electrons. The van der Waals surface area contributed by atoms with Crippen molar-refractivity contribution in [1.82, 2.24) is 15.0 Å². The molecule has 0 saturated carbocycles. The van der Waals surface area contributed by atoms with Gasteiger partial charge >= 0.3 is 0 Å². The molecule has 2 aromatic rings. The molecule has 0 spiro atoms. The number of amides is 1. The molecular weight excluding hydrogens is 268 g/mol. The second-order valence-electron chi connectivity index (χ2n) is 3.65. The maximum atomic E-state index is 12.0. The average molecular weight is 279 g/mol. The molecule has 7 heteroatoms. The van der Waals surface area contributed by atoms with Gasteiger partial charge in [0.15, 0.2) is 0 Å². The highest BCUT2D eigenvalue weighted by atomic mass is 35.5. The Kier molecular flexibility index (Phi) is 3.91. The highest BCUT2D eigenvalue weighted by molar-refractivity contribution is 6.29. The van der Waals surface area contributed by atoms with Crippen LogP contribution >= 0.6 is 11.6 Å². The number of halogens is 1. The third-order valence-electron chi connectivity index (χ3n) is 2.36. The van der Waals surface area contributed by atoms with Gasteiger partial charge in [-0.15, -0.1) is 0 Å². The Morgan fingerprint density at radius 3 is 2.89 bits per heavy atom. The molecule has 98 valence electrons. The molecule has 19 heavy (non-hydrogen) atoms. The van der Waals surface area contributed by atoms with Crippen LogP contribution in [0.1, 0.15) is 16.1 Å². The first-order valence-electron chi connectivity index (χ1n) is 5.41. The van der Waals surface area contributed by atoms with E-state index in [-0.39, 0.29) is 22.9 Å². The topological polar surface area (TPSA) is 77.0 Å². The Bertz CT molecular complexity index is 618. The summed E-state index contributed by atoms with van der Waals surface area (Å²) in [5.41, 5.74) is 1.07. The van der Waals surface area contributed by atoms with Crippen LogP contribution in [0.15, 0.2) is 24.4 Å². The van der Waals surface area contributed by atoms with Crippen LogP contribution in [-0.2, 0) is 0 Å². The maximum absolute atomic E-state index is 12.0. The van der Waals surface area contributed by atoms with Gasteiger partial charge in [-0.1, -0.05) is 11.6 Å². The smallest absolute Gasteiger partial charge is 0.259 e. The fourth-order valence-electron chi connectivity index (χ4n) is 1.45. The normalized spacial score (nSPS) is 10.1. The molecule has 1 N–H and O–H groups in total. The number of aromatic nitrogens is 3. The number of carbonyl (C=O) groups excluding carboxylic acids is 1. The van der Waals surface area contributed by atoms with E-state index in [1.165, 1.54) is 13.2 Å². The lowest BCUT2D eigenvalue weighted by Gasteiger charge is -2.07. The van der Waals surface area contributed by atoms with Crippen LogP contribution in [0.4, 0.5) is 5.95 Å². The van der Waals surface area contributed by atoms with Gasteiger partial charge in [0.1, 0.15) is 5.15 Å². The number of anilines is 1. The highest BCUT2D eigenvalue weighted by Gasteiger charge is 2.12. The van der Waals surface area contributed by atoms with E-state index < -0.39 is 0 Å². The molecule has 0 aromatic carbocycles. The van der Waals surface area contributed by atoms with Crippen molar-refractivity contribution < 1.29 is 9.53 Å². The van der Waals surface area contributed by atoms with E-state index in [2.05, 4.69) is 20.3 Å². The first-order valence-corrected chi connectivity index (χ1v) is 5.79. The van der Waals surface area contributed by atoms with Gasteiger partial charge in [-0.05, 0) is 19.1 Å². The molecule has 6 nitrogen and oxygen atoms in total. The minimum atomic E-state index is -0.352. The fourth-order valence-corrected chi connectivity index (χ4v) is 1.62. The molecule has 2 heterocycles. The summed E-state index contributed by atoms with van der Waals surface area (Å²) in [6, 6.07) is 4.80. The molecule has 0 aliphatic rings. The zero-order valence-electron chi connectivity index (χ0n) is 10.3. The van der Waals surface area contributed by atoms with E-state index in [4.69, 9.17) is 16.3 Å². The monoisotopic (exact) mass is 278 g/mol. The first kappa shape index (κ1) is 13.2. The lowest BCUT2D eigenvalue weighted by molar-refractivity contribution is 0.102. The van der Waals surface area contributed by atoms with Crippen molar-refractivity contribution in [2.24, 2.45) is 0 Å². The molecule has 0 bridgehead atoms. The van der Waals surface area contributed by atoms with E-state index in [1.807, 2.05) is 0 Å². The van der Waals surface area contributed by atoms with E-state index in [1.54, 1.807) is 25.3 Å². The maximum Gasteiger partial charge on any atom is 0.259 e. The molecule has 0 aliphatic carbocycles. The number of nitrogens with zero attached hydrogens (tertiary/aromatic N) is 3. The molecule has 0 aliphatic heterocycles. The van der Waals surface area contributed by atoms with Gasteiger partial charge in [-0.25, -0.2) is 4.98 Å². The SMILES string of the molecule is COc1cc(Cl)nc(NC(=O)c2cccnc2C)n1. The lowest BCUT2D eigenvalue weighted by Crippen LogP contribution is -2.16. The number of methoxy groups -OCH3 is 1. The zero-order chi connectivity index (χ0) is 13.8. The summed E-state index contributed by atoms with van der Waals surface area (Å²) < 4.78 is 4.95. The van der Waals surface area contributed by atoms with Crippen LogP contribution in [-0.4, -0.2) is 28.0 Å². The number of carbonyl (C=O) groups is 1. The number of nitrogens with one attached hydrogen (secondary N) is 1. The number of pyridine rings is 1. The van der Waals surface area contributed by atoms with E-state index in [0.29, 0.717) is 11.3 Å². The van der Waals surface area contributed by atoms with Crippen LogP contribution in [0.5, 0.6) is 5.88 Å². The Morgan fingerprint density at radius 1 is 1.42 bits per heavy atom. The van der Waals surface area contributed by atoms with E-state index >= 15 is 0 Å². The second kappa shape index (κ2) is 5.62. The minimum Gasteiger partial charge on any atom is -0.481 e. The van der Waals surface area contributed by atoms with E-state index in [9.17, 15) is 4.79 Å². The average Bonchev–Trinajstić information content (AvgIpc) is 2.38. The second-order valence-corrected chi connectivity index (χ2v) is 4.03. The summed E-state index contributed by atoms with van der Waals surface area (Å²) in [6.45, 7) is 1.74. The number of aryl methyl sites for hydroxylation is 1. The predicted molar refractivity (Wildman–Crippen MR) is 70.5 cm³/mol. The minimum absolute atomic E-state index is 0.0811. The van der Waals surface area contributed by atoms with E-state index in [0.717, 1.165) is 0 Å². The van der Waals surface area contributed by atoms with Crippen LogP contribution < -0.4 is 10.1 Å². The van der Waals surface area contributed by atoms with Crippen molar-refractivity contribution >= 4 is 23.5 Å². The first-order chi connectivity index (χ1) is 9.10. The fraction of sp³-hybridized carbons (Fsp3) is 0.167. The molecule has 0 fully saturated rings. The summed E-state index contributed by atoms with van der Waals surface area (Å²) in [5.74, 6) is 0.00531. The largest absolute Gasteiger partial charge is 0.481 e. The number of hydrogen-bond donors (Lipinski definition) is 1. The summed E-state index contributed by atoms with van der Waals surface area (Å²) in [6.07, 6.45) is 1.62. The molecule has 2 aromatic heterocycles. The zero-order valence-corrected chi connectivity index (χ0v) is 11.1. The van der Waals surface area contributed by atoms with Gasteiger partial charge in [-0.3, -0.25) is 15.1 Å². The lowest BCUT2D eigenvalue weighted by atomic mass is 10.2. The van der Waals surface area contributed by atoms with Crippen molar-refractivity contribution in [2.45, 2.75) is 6.92 Å². The van der Waals surface area contributed by atoms with Crippen LogP contribution in [0, 0.1) is 6.92 Å². The van der Waals surface area contributed by atoms with Crippen LogP contribution in [0.25, 0.3) is 0 Å². The van der Waals surface area contributed by atoms with Gasteiger partial charge in [0, 0.05) is 18.0 Å². The quantitative estimate of drug-likeness (QED) is 0.870. The van der Waals surface area contributed by atoms with Gasteiger partial charge in [0.25, 0.3) is 5.91 Å². The third kappa shape index (κ3) is 3.17. The molecule has 2 rings (SSSR count). The van der Waals surface area contributed by atoms with Gasteiger partial charge in [0.2, 0.25) is 11.8 Å². The molecular formula is C12H11ClN4O2. The molecule has 0 atom stereocenters.